The van der Waals surface area contributed by atoms with Gasteiger partial charge in [0, 0.05) is 59.1 Å². The van der Waals surface area contributed by atoms with Gasteiger partial charge in [-0.25, -0.2) is 0 Å². The number of carbonyl (C=O) groups excluding carboxylic acids is 1. The average Bonchev–Trinajstić information content (AvgIpc) is 3.19. The Bertz CT molecular complexity index is 797. The van der Waals surface area contributed by atoms with Gasteiger partial charge in [0.05, 0.1) is 0 Å². The highest BCUT2D eigenvalue weighted by atomic mass is 35.5. The summed E-state index contributed by atoms with van der Waals surface area (Å²) in [5.41, 5.74) is 1.03. The Kier molecular flexibility index (Phi) is 8.10. The molecule has 0 radical (unpaired) electrons. The normalized spacial score (nSPS) is 15.9. The van der Waals surface area contributed by atoms with Gasteiger partial charge in [-0.15, -0.1) is 11.3 Å². The lowest BCUT2D eigenvalue weighted by Gasteiger charge is -2.33. The zero-order valence-electron chi connectivity index (χ0n) is 16.4. The van der Waals surface area contributed by atoms with E-state index in [1.54, 1.807) is 17.4 Å². The van der Waals surface area contributed by atoms with Crippen LogP contribution in [0.25, 0.3) is 16.5 Å². The number of halogens is 1. The molecular weight excluding hydrogens is 390 g/mol. The van der Waals surface area contributed by atoms with Gasteiger partial charge in [0.2, 0.25) is 5.91 Å². The molecule has 4 nitrogen and oxygen atoms in total. The number of carbonyl (C=O) groups is 1. The van der Waals surface area contributed by atoms with Gasteiger partial charge in [0.1, 0.15) is 0 Å². The fraction of sp³-hybridized carbons (Fsp3) is 0.409. The van der Waals surface area contributed by atoms with Crippen LogP contribution < -0.4 is 5.32 Å². The van der Waals surface area contributed by atoms with E-state index < -0.39 is 0 Å². The van der Waals surface area contributed by atoms with Gasteiger partial charge >= 0.3 is 0 Å². The maximum absolute atomic E-state index is 12.0. The molecule has 1 saturated heterocycles. The molecule has 28 heavy (non-hydrogen) atoms. The predicted molar refractivity (Wildman–Crippen MR) is 120 cm³/mol. The first-order valence-corrected chi connectivity index (χ1v) is 11.1. The van der Waals surface area contributed by atoms with Gasteiger partial charge in [-0.3, -0.25) is 4.79 Å². The Hall–Kier alpha value is -1.66. The van der Waals surface area contributed by atoms with Crippen LogP contribution in [-0.2, 0) is 4.79 Å². The summed E-state index contributed by atoms with van der Waals surface area (Å²) in [6.07, 6.45) is 4.47. The molecule has 1 N–H and O–H groups in total. The maximum atomic E-state index is 12.0. The summed E-state index contributed by atoms with van der Waals surface area (Å²) in [4.78, 5) is 19.2. The summed E-state index contributed by atoms with van der Waals surface area (Å²) < 4.78 is 0. The van der Waals surface area contributed by atoms with Crippen molar-refractivity contribution < 1.29 is 4.79 Å². The van der Waals surface area contributed by atoms with E-state index in [4.69, 9.17) is 11.6 Å². The highest BCUT2D eigenvalue weighted by Crippen LogP contribution is 2.33. The molecule has 1 aliphatic rings. The van der Waals surface area contributed by atoms with E-state index in [-0.39, 0.29) is 5.91 Å². The van der Waals surface area contributed by atoms with Gasteiger partial charge in [0.25, 0.3) is 0 Å². The van der Waals surface area contributed by atoms with E-state index in [9.17, 15) is 4.79 Å². The second-order valence-electron chi connectivity index (χ2n) is 6.94. The lowest BCUT2D eigenvalue weighted by Crippen LogP contribution is -2.46. The largest absolute Gasteiger partial charge is 0.353 e. The van der Waals surface area contributed by atoms with Crippen molar-refractivity contribution in [3.8, 4) is 10.4 Å². The molecule has 1 aromatic heterocycles. The lowest BCUT2D eigenvalue weighted by atomic mass is 10.2. The van der Waals surface area contributed by atoms with Gasteiger partial charge < -0.3 is 15.1 Å². The van der Waals surface area contributed by atoms with Crippen LogP contribution in [0.4, 0.5) is 0 Å². The molecule has 0 aliphatic carbocycles. The minimum absolute atomic E-state index is 0.0384. The zero-order valence-corrected chi connectivity index (χ0v) is 17.9. The molecule has 0 bridgehead atoms. The van der Waals surface area contributed by atoms with Crippen LogP contribution in [0.2, 0.25) is 5.02 Å². The quantitative estimate of drug-likeness (QED) is 0.515. The van der Waals surface area contributed by atoms with Crippen molar-refractivity contribution in [3.63, 3.8) is 0 Å². The van der Waals surface area contributed by atoms with Crippen LogP contribution in [0.1, 0.15) is 18.2 Å². The number of hydrogen-bond donors (Lipinski definition) is 1. The lowest BCUT2D eigenvalue weighted by molar-refractivity contribution is -0.116. The van der Waals surface area contributed by atoms with Crippen LogP contribution in [-0.4, -0.2) is 61.5 Å². The third-order valence-corrected chi connectivity index (χ3v) is 6.44. The van der Waals surface area contributed by atoms with E-state index in [1.807, 2.05) is 42.5 Å². The summed E-state index contributed by atoms with van der Waals surface area (Å²) >= 11 is 7.89. The Morgan fingerprint density at radius 3 is 2.64 bits per heavy atom. The highest BCUT2D eigenvalue weighted by molar-refractivity contribution is 7.16. The second-order valence-corrected chi connectivity index (χ2v) is 8.46. The minimum atomic E-state index is -0.0384. The molecule has 1 aliphatic heterocycles. The monoisotopic (exact) mass is 417 g/mol. The summed E-state index contributed by atoms with van der Waals surface area (Å²) in [7, 11) is 0. The molecule has 0 unspecified atom stereocenters. The maximum Gasteiger partial charge on any atom is 0.244 e. The number of thiophene rings is 1. The number of nitrogens with zero attached hydrogens (tertiary/aromatic N) is 2. The number of hydrogen-bond acceptors (Lipinski definition) is 4. The fourth-order valence-electron chi connectivity index (χ4n) is 3.31. The summed E-state index contributed by atoms with van der Waals surface area (Å²) in [5.74, 6) is -0.0384. The Labute approximate surface area is 176 Å². The first-order valence-electron chi connectivity index (χ1n) is 9.91. The van der Waals surface area contributed by atoms with Crippen LogP contribution in [0.5, 0.6) is 0 Å². The van der Waals surface area contributed by atoms with Crippen LogP contribution >= 0.6 is 22.9 Å². The van der Waals surface area contributed by atoms with E-state index >= 15 is 0 Å². The number of piperazine rings is 1. The summed E-state index contributed by atoms with van der Waals surface area (Å²) in [6.45, 7) is 9.69. The molecule has 6 heteroatoms. The SMILES string of the molecule is CCN1CCN(CCCNC(=O)C=Cc2ccc(-c3ccccc3Cl)s2)CC1. The van der Waals surface area contributed by atoms with E-state index in [0.29, 0.717) is 6.54 Å². The number of benzene rings is 1. The van der Waals surface area contributed by atoms with Crippen LogP contribution in [0.15, 0.2) is 42.5 Å². The number of amides is 1. The molecule has 0 saturated carbocycles. The molecular formula is C22H28ClN3OS. The number of likely N-dealkylation sites (N-methyl/N-ethyl adjacent to an activating group) is 1. The molecule has 0 atom stereocenters. The number of nitrogens with one attached hydrogen (secondary N) is 1. The summed E-state index contributed by atoms with van der Waals surface area (Å²) in [5, 5.41) is 3.72. The molecule has 0 spiro atoms. The van der Waals surface area contributed by atoms with Crippen molar-refractivity contribution in [1.82, 2.24) is 15.1 Å². The first kappa shape index (κ1) is 21.1. The first-order chi connectivity index (χ1) is 13.7. The van der Waals surface area contributed by atoms with Gasteiger partial charge in [-0.1, -0.05) is 36.7 Å². The smallest absolute Gasteiger partial charge is 0.244 e. The third kappa shape index (κ3) is 6.17. The standard InChI is InChI=1S/C22H28ClN3OS/c1-2-25-14-16-26(17-15-25)13-5-12-24-22(27)11-9-18-8-10-21(28-18)19-6-3-4-7-20(19)23/h3-4,6-11H,2,5,12-17H2,1H3,(H,24,27). The highest BCUT2D eigenvalue weighted by Gasteiger charge is 2.14. The Morgan fingerprint density at radius 1 is 1.14 bits per heavy atom. The third-order valence-electron chi connectivity index (χ3n) is 5.03. The van der Waals surface area contributed by atoms with Crippen molar-refractivity contribution in [1.29, 1.82) is 0 Å². The minimum Gasteiger partial charge on any atom is -0.353 e. The van der Waals surface area contributed by atoms with E-state index in [1.165, 1.54) is 0 Å². The molecule has 2 heterocycles. The molecule has 3 rings (SSSR count). The van der Waals surface area contributed by atoms with Crippen molar-refractivity contribution >= 4 is 34.9 Å². The average molecular weight is 418 g/mol. The van der Waals surface area contributed by atoms with E-state index in [2.05, 4.69) is 22.0 Å². The molecule has 1 amide bonds. The predicted octanol–water partition coefficient (Wildman–Crippen LogP) is 4.23. The van der Waals surface area contributed by atoms with Crippen molar-refractivity contribution in [2.75, 3.05) is 45.8 Å². The number of rotatable bonds is 8. The fourth-order valence-corrected chi connectivity index (χ4v) is 4.55. The molecule has 1 aromatic carbocycles. The van der Waals surface area contributed by atoms with Gasteiger partial charge in [-0.05, 0) is 43.8 Å². The zero-order chi connectivity index (χ0) is 19.8. The topological polar surface area (TPSA) is 35.6 Å². The molecule has 1 fully saturated rings. The van der Waals surface area contributed by atoms with Crippen LogP contribution in [0.3, 0.4) is 0 Å². The van der Waals surface area contributed by atoms with Crippen molar-refractivity contribution in [3.05, 3.63) is 52.4 Å². The van der Waals surface area contributed by atoms with Crippen LogP contribution in [0, 0.1) is 0 Å². The van der Waals surface area contributed by atoms with Crippen molar-refractivity contribution in [2.24, 2.45) is 0 Å². The van der Waals surface area contributed by atoms with Gasteiger partial charge in [0.15, 0.2) is 0 Å². The Balaban J connectivity index is 1.38. The molecule has 150 valence electrons. The summed E-state index contributed by atoms with van der Waals surface area (Å²) in [6, 6.07) is 11.9. The van der Waals surface area contributed by atoms with E-state index in [0.717, 1.165) is 66.0 Å². The second kappa shape index (κ2) is 10.8. The Morgan fingerprint density at radius 2 is 1.89 bits per heavy atom. The van der Waals surface area contributed by atoms with Crippen molar-refractivity contribution in [2.45, 2.75) is 13.3 Å². The molecule has 2 aromatic rings. The van der Waals surface area contributed by atoms with Gasteiger partial charge in [-0.2, -0.15) is 0 Å².